The first-order valence-corrected chi connectivity index (χ1v) is 9.48. The number of carbonyl (C=O) groups is 1. The van der Waals surface area contributed by atoms with Gasteiger partial charge in [-0.25, -0.2) is 9.78 Å². The summed E-state index contributed by atoms with van der Waals surface area (Å²) in [4.78, 5) is 28.3. The standard InChI is InChI=1S/C20H18BrN3O4/c1-2-5-18-23-16-9-8-14(21)10-15(16)20(27)24(18)22-11-13-6-3-4-7-17(13)28-12-19(25)26/h3-4,6-11H,2,5,12H2,1H3,(H,25,26). The first-order chi connectivity index (χ1) is 13.5. The van der Waals surface area contributed by atoms with Crippen LogP contribution in [-0.4, -0.2) is 33.6 Å². The third kappa shape index (κ3) is 4.45. The smallest absolute Gasteiger partial charge is 0.341 e. The summed E-state index contributed by atoms with van der Waals surface area (Å²) in [6, 6.07) is 12.2. The van der Waals surface area contributed by atoms with Crippen LogP contribution in [0, 0.1) is 0 Å². The fourth-order valence-electron chi connectivity index (χ4n) is 2.68. The van der Waals surface area contributed by atoms with Crippen LogP contribution >= 0.6 is 15.9 Å². The average molecular weight is 444 g/mol. The van der Waals surface area contributed by atoms with Crippen LogP contribution in [0.3, 0.4) is 0 Å². The van der Waals surface area contributed by atoms with Crippen molar-refractivity contribution < 1.29 is 14.6 Å². The zero-order chi connectivity index (χ0) is 20.1. The number of nitrogens with zero attached hydrogens (tertiary/aromatic N) is 3. The maximum absolute atomic E-state index is 13.0. The topological polar surface area (TPSA) is 93.8 Å². The predicted molar refractivity (Wildman–Crippen MR) is 110 cm³/mol. The second-order valence-corrected chi connectivity index (χ2v) is 6.94. The molecule has 0 atom stereocenters. The number of benzene rings is 2. The van der Waals surface area contributed by atoms with E-state index in [1.54, 1.807) is 36.4 Å². The van der Waals surface area contributed by atoms with E-state index in [9.17, 15) is 9.59 Å². The van der Waals surface area contributed by atoms with Crippen molar-refractivity contribution in [2.75, 3.05) is 6.61 Å². The molecule has 1 aromatic heterocycles. The van der Waals surface area contributed by atoms with Gasteiger partial charge < -0.3 is 9.84 Å². The third-order valence-corrected chi connectivity index (χ3v) is 4.42. The van der Waals surface area contributed by atoms with Crippen molar-refractivity contribution in [2.45, 2.75) is 19.8 Å². The summed E-state index contributed by atoms with van der Waals surface area (Å²) in [5, 5.41) is 13.6. The van der Waals surface area contributed by atoms with Crippen LogP contribution in [0.15, 0.2) is 56.8 Å². The minimum absolute atomic E-state index is 0.269. The lowest BCUT2D eigenvalue weighted by molar-refractivity contribution is -0.139. The van der Waals surface area contributed by atoms with Crippen LogP contribution < -0.4 is 10.3 Å². The normalized spacial score (nSPS) is 11.2. The highest BCUT2D eigenvalue weighted by atomic mass is 79.9. The monoisotopic (exact) mass is 443 g/mol. The number of rotatable bonds is 7. The number of para-hydroxylation sites is 1. The summed E-state index contributed by atoms with van der Waals surface area (Å²) >= 11 is 3.38. The molecule has 144 valence electrons. The van der Waals surface area contributed by atoms with Crippen molar-refractivity contribution in [1.82, 2.24) is 9.66 Å². The Bertz CT molecular complexity index is 1110. The third-order valence-electron chi connectivity index (χ3n) is 3.93. The maximum Gasteiger partial charge on any atom is 0.341 e. The number of hydrogen-bond acceptors (Lipinski definition) is 5. The highest BCUT2D eigenvalue weighted by Crippen LogP contribution is 2.18. The second kappa shape index (κ2) is 8.79. The molecule has 1 heterocycles. The highest BCUT2D eigenvalue weighted by Gasteiger charge is 2.11. The van der Waals surface area contributed by atoms with E-state index in [-0.39, 0.29) is 5.56 Å². The zero-order valence-electron chi connectivity index (χ0n) is 15.1. The lowest BCUT2D eigenvalue weighted by Crippen LogP contribution is -2.22. The van der Waals surface area contributed by atoms with E-state index in [4.69, 9.17) is 9.84 Å². The summed E-state index contributed by atoms with van der Waals surface area (Å²) in [5.41, 5.74) is 0.913. The number of ether oxygens (including phenoxy) is 1. The summed E-state index contributed by atoms with van der Waals surface area (Å²) in [6.07, 6.45) is 2.88. The van der Waals surface area contributed by atoms with E-state index in [1.807, 2.05) is 13.0 Å². The Labute approximate surface area is 169 Å². The lowest BCUT2D eigenvalue weighted by atomic mass is 10.2. The zero-order valence-corrected chi connectivity index (χ0v) is 16.7. The van der Waals surface area contributed by atoms with Crippen LogP contribution in [0.5, 0.6) is 5.75 Å². The number of halogens is 1. The molecule has 28 heavy (non-hydrogen) atoms. The molecule has 3 aromatic rings. The maximum atomic E-state index is 13.0. The Morgan fingerprint density at radius 2 is 2.11 bits per heavy atom. The molecule has 7 nitrogen and oxygen atoms in total. The Balaban J connectivity index is 2.06. The van der Waals surface area contributed by atoms with Crippen molar-refractivity contribution in [3.8, 4) is 5.75 Å². The Morgan fingerprint density at radius 3 is 2.86 bits per heavy atom. The number of fused-ring (bicyclic) bond motifs is 1. The van der Waals surface area contributed by atoms with Crippen molar-refractivity contribution in [1.29, 1.82) is 0 Å². The van der Waals surface area contributed by atoms with Gasteiger partial charge in [0.25, 0.3) is 5.56 Å². The first-order valence-electron chi connectivity index (χ1n) is 8.68. The number of carboxylic acid groups (broad SMARTS) is 1. The fraction of sp³-hybridized carbons (Fsp3) is 0.200. The minimum Gasteiger partial charge on any atom is -0.481 e. The molecule has 8 heteroatoms. The van der Waals surface area contributed by atoms with Crippen molar-refractivity contribution in [2.24, 2.45) is 5.10 Å². The SMILES string of the molecule is CCCc1nc2ccc(Br)cc2c(=O)n1N=Cc1ccccc1OCC(=O)O. The van der Waals surface area contributed by atoms with Gasteiger partial charge >= 0.3 is 5.97 Å². The van der Waals surface area contributed by atoms with E-state index < -0.39 is 12.6 Å². The van der Waals surface area contributed by atoms with Gasteiger partial charge in [-0.15, -0.1) is 0 Å². The summed E-state index contributed by atoms with van der Waals surface area (Å²) in [5.74, 6) is -0.143. The first kappa shape index (κ1) is 19.8. The van der Waals surface area contributed by atoms with Crippen molar-refractivity contribution >= 4 is 39.0 Å². The Kier molecular flexibility index (Phi) is 6.20. The number of hydrogen-bond donors (Lipinski definition) is 1. The molecule has 2 aromatic carbocycles. The fourth-order valence-corrected chi connectivity index (χ4v) is 3.04. The van der Waals surface area contributed by atoms with Gasteiger partial charge in [-0.3, -0.25) is 4.79 Å². The van der Waals surface area contributed by atoms with Crippen LogP contribution in [-0.2, 0) is 11.2 Å². The average Bonchev–Trinajstić information content (AvgIpc) is 2.67. The van der Waals surface area contributed by atoms with Crippen LogP contribution in [0.25, 0.3) is 10.9 Å². The van der Waals surface area contributed by atoms with Crippen molar-refractivity contribution in [3.63, 3.8) is 0 Å². The molecule has 0 saturated heterocycles. The van der Waals surface area contributed by atoms with E-state index in [2.05, 4.69) is 26.0 Å². The molecule has 1 N–H and O–H groups in total. The van der Waals surface area contributed by atoms with Gasteiger partial charge in [0.1, 0.15) is 11.6 Å². The molecule has 0 aliphatic rings. The number of aliphatic carboxylic acids is 1. The van der Waals surface area contributed by atoms with Gasteiger partial charge in [-0.05, 0) is 36.8 Å². The second-order valence-electron chi connectivity index (χ2n) is 6.02. The van der Waals surface area contributed by atoms with Crippen LogP contribution in [0.2, 0.25) is 0 Å². The van der Waals surface area contributed by atoms with Crippen LogP contribution in [0.4, 0.5) is 0 Å². The molecule has 0 saturated carbocycles. The van der Waals surface area contributed by atoms with Gasteiger partial charge in [0.2, 0.25) is 0 Å². The lowest BCUT2D eigenvalue weighted by Gasteiger charge is -2.09. The number of aryl methyl sites for hydroxylation is 1. The molecule has 0 aliphatic heterocycles. The van der Waals surface area contributed by atoms with Gasteiger partial charge in [-0.1, -0.05) is 35.0 Å². The van der Waals surface area contributed by atoms with Gasteiger partial charge in [0, 0.05) is 16.5 Å². The predicted octanol–water partition coefficient (Wildman–Crippen LogP) is 3.46. The van der Waals surface area contributed by atoms with E-state index in [1.165, 1.54) is 10.9 Å². The Hall–Kier alpha value is -3.00. The van der Waals surface area contributed by atoms with E-state index >= 15 is 0 Å². The van der Waals surface area contributed by atoms with Gasteiger partial charge in [0.05, 0.1) is 17.1 Å². The minimum atomic E-state index is -1.07. The van der Waals surface area contributed by atoms with Gasteiger partial charge in [0.15, 0.2) is 6.61 Å². The molecule has 0 radical (unpaired) electrons. The quantitative estimate of drug-likeness (QED) is 0.564. The van der Waals surface area contributed by atoms with Crippen LogP contribution in [0.1, 0.15) is 24.7 Å². The van der Waals surface area contributed by atoms with E-state index in [0.29, 0.717) is 34.5 Å². The number of aromatic nitrogens is 2. The molecule has 0 amide bonds. The molecule has 0 bridgehead atoms. The summed E-state index contributed by atoms with van der Waals surface area (Å²) in [7, 11) is 0. The molecule has 0 spiro atoms. The molecular formula is C20H18BrN3O4. The van der Waals surface area contributed by atoms with Gasteiger partial charge in [-0.2, -0.15) is 9.78 Å². The largest absolute Gasteiger partial charge is 0.481 e. The molecule has 3 rings (SSSR count). The molecule has 0 unspecified atom stereocenters. The highest BCUT2D eigenvalue weighted by molar-refractivity contribution is 9.10. The molecule has 0 fully saturated rings. The summed E-state index contributed by atoms with van der Waals surface area (Å²) < 4.78 is 7.35. The summed E-state index contributed by atoms with van der Waals surface area (Å²) in [6.45, 7) is 1.54. The number of carboxylic acids is 1. The van der Waals surface area contributed by atoms with E-state index in [0.717, 1.165) is 10.9 Å². The molecule has 0 aliphatic carbocycles. The Morgan fingerprint density at radius 1 is 1.32 bits per heavy atom. The van der Waals surface area contributed by atoms with Crippen molar-refractivity contribution in [3.05, 3.63) is 68.7 Å². The molecular weight excluding hydrogens is 426 g/mol.